The molecule has 0 saturated carbocycles. The van der Waals surface area contributed by atoms with Gasteiger partial charge in [-0.3, -0.25) is 0 Å². The van der Waals surface area contributed by atoms with E-state index in [-0.39, 0.29) is 5.54 Å². The van der Waals surface area contributed by atoms with E-state index in [2.05, 4.69) is 19.2 Å². The molecule has 0 aromatic heterocycles. The van der Waals surface area contributed by atoms with Crippen molar-refractivity contribution in [3.63, 3.8) is 0 Å². The first kappa shape index (κ1) is 15.3. The van der Waals surface area contributed by atoms with Gasteiger partial charge < -0.3 is 16.2 Å². The van der Waals surface area contributed by atoms with Crippen molar-refractivity contribution < 1.29 is 5.11 Å². The molecule has 17 heavy (non-hydrogen) atoms. The Morgan fingerprint density at radius 1 is 1.24 bits per heavy atom. The maximum atomic E-state index is 8.74. The van der Waals surface area contributed by atoms with Crippen LogP contribution in [-0.2, 0) is 0 Å². The third kappa shape index (κ3) is 5.16. The average molecular weight is 260 g/mol. The maximum Gasteiger partial charge on any atom is 0.0431 e. The van der Waals surface area contributed by atoms with Gasteiger partial charge in [0.2, 0.25) is 0 Å². The van der Waals surface area contributed by atoms with Gasteiger partial charge in [0.05, 0.1) is 0 Å². The van der Waals surface area contributed by atoms with Gasteiger partial charge in [0.25, 0.3) is 0 Å². The molecule has 1 unspecified atom stereocenters. The molecule has 1 saturated heterocycles. The van der Waals surface area contributed by atoms with Gasteiger partial charge in [-0.1, -0.05) is 13.8 Å². The second kappa shape index (κ2) is 6.98. The second-order valence-electron chi connectivity index (χ2n) is 6.03. The molecule has 102 valence electrons. The van der Waals surface area contributed by atoms with Gasteiger partial charge in [0, 0.05) is 24.4 Å². The zero-order valence-electron chi connectivity index (χ0n) is 11.3. The standard InChI is InChI=1S/C13H28N2OS/c1-12(2)8-13(9-14,11-17-10-12)15-6-4-3-5-7-16/h15-16H,3-11,14H2,1-2H3. The molecule has 1 rings (SSSR count). The first-order valence-corrected chi connectivity index (χ1v) is 7.83. The number of nitrogens with one attached hydrogen (secondary N) is 1. The van der Waals surface area contributed by atoms with E-state index in [9.17, 15) is 0 Å². The molecule has 0 radical (unpaired) electrons. The lowest BCUT2D eigenvalue weighted by atomic mass is 9.79. The van der Waals surface area contributed by atoms with Gasteiger partial charge in [0.15, 0.2) is 0 Å². The van der Waals surface area contributed by atoms with E-state index in [1.165, 1.54) is 12.2 Å². The molecule has 0 amide bonds. The highest BCUT2D eigenvalue weighted by atomic mass is 32.2. The summed E-state index contributed by atoms with van der Waals surface area (Å²) in [6, 6.07) is 0. The molecule has 1 atom stereocenters. The van der Waals surface area contributed by atoms with Crippen molar-refractivity contribution in [3.05, 3.63) is 0 Å². The number of thioether (sulfide) groups is 1. The Labute approximate surface area is 110 Å². The lowest BCUT2D eigenvalue weighted by molar-refractivity contribution is 0.226. The van der Waals surface area contributed by atoms with E-state index in [4.69, 9.17) is 10.8 Å². The molecule has 0 aromatic carbocycles. The highest BCUT2D eigenvalue weighted by Crippen LogP contribution is 2.38. The maximum absolute atomic E-state index is 8.74. The highest BCUT2D eigenvalue weighted by molar-refractivity contribution is 7.99. The molecule has 1 aliphatic heterocycles. The number of rotatable bonds is 7. The Bertz CT molecular complexity index is 223. The minimum atomic E-state index is 0.131. The van der Waals surface area contributed by atoms with Gasteiger partial charge in [0.1, 0.15) is 0 Å². The Morgan fingerprint density at radius 2 is 2.00 bits per heavy atom. The number of aliphatic hydroxyl groups excluding tert-OH is 1. The third-order valence-corrected chi connectivity index (χ3v) is 5.16. The monoisotopic (exact) mass is 260 g/mol. The summed E-state index contributed by atoms with van der Waals surface area (Å²) in [6.07, 6.45) is 4.31. The smallest absolute Gasteiger partial charge is 0.0431 e. The second-order valence-corrected chi connectivity index (χ2v) is 7.01. The molecule has 4 N–H and O–H groups in total. The number of unbranched alkanes of at least 4 members (excludes halogenated alkanes) is 2. The molecule has 3 nitrogen and oxygen atoms in total. The van der Waals surface area contributed by atoms with E-state index in [1.807, 2.05) is 11.8 Å². The summed E-state index contributed by atoms with van der Waals surface area (Å²) >= 11 is 2.02. The third-order valence-electron chi connectivity index (χ3n) is 3.41. The van der Waals surface area contributed by atoms with E-state index in [0.717, 1.165) is 38.1 Å². The Kier molecular flexibility index (Phi) is 6.27. The molecular weight excluding hydrogens is 232 g/mol. The predicted octanol–water partition coefficient (Wildman–Crippen LogP) is 1.60. The number of aliphatic hydroxyl groups is 1. The van der Waals surface area contributed by atoms with Crippen molar-refractivity contribution in [2.45, 2.75) is 45.1 Å². The van der Waals surface area contributed by atoms with Gasteiger partial charge in [-0.2, -0.15) is 11.8 Å². The van der Waals surface area contributed by atoms with Crippen molar-refractivity contribution in [3.8, 4) is 0 Å². The number of nitrogens with two attached hydrogens (primary N) is 1. The Morgan fingerprint density at radius 3 is 2.59 bits per heavy atom. The van der Waals surface area contributed by atoms with Crippen LogP contribution in [0.1, 0.15) is 39.5 Å². The fourth-order valence-corrected chi connectivity index (χ4v) is 4.09. The molecule has 1 fully saturated rings. The van der Waals surface area contributed by atoms with Crippen LogP contribution in [0.4, 0.5) is 0 Å². The molecule has 0 aromatic rings. The SMILES string of the molecule is CC1(C)CSCC(CN)(NCCCCCO)C1. The molecule has 0 aliphatic carbocycles. The van der Waals surface area contributed by atoms with Crippen LogP contribution < -0.4 is 11.1 Å². The summed E-state index contributed by atoms with van der Waals surface area (Å²) in [5.41, 5.74) is 6.50. The summed E-state index contributed by atoms with van der Waals surface area (Å²) in [7, 11) is 0. The van der Waals surface area contributed by atoms with Crippen LogP contribution in [0.25, 0.3) is 0 Å². The summed E-state index contributed by atoms with van der Waals surface area (Å²) in [5.74, 6) is 2.37. The molecule has 1 aliphatic rings. The van der Waals surface area contributed by atoms with Gasteiger partial charge in [-0.25, -0.2) is 0 Å². The minimum absolute atomic E-state index is 0.131. The lowest BCUT2D eigenvalue weighted by Crippen LogP contribution is -2.58. The lowest BCUT2D eigenvalue weighted by Gasteiger charge is -2.44. The molecule has 4 heteroatoms. The molecular formula is C13H28N2OS. The van der Waals surface area contributed by atoms with E-state index < -0.39 is 0 Å². The first-order chi connectivity index (χ1) is 8.04. The van der Waals surface area contributed by atoms with E-state index in [0.29, 0.717) is 12.0 Å². The average Bonchev–Trinajstić information content (AvgIpc) is 2.27. The molecule has 0 spiro atoms. The van der Waals surface area contributed by atoms with Crippen molar-refractivity contribution in [2.75, 3.05) is 31.2 Å². The number of hydrogen-bond acceptors (Lipinski definition) is 4. The fourth-order valence-electron chi connectivity index (χ4n) is 2.62. The zero-order chi connectivity index (χ0) is 12.8. The van der Waals surface area contributed by atoms with Crippen LogP contribution in [0.15, 0.2) is 0 Å². The topological polar surface area (TPSA) is 58.3 Å². The minimum Gasteiger partial charge on any atom is -0.396 e. The molecule has 0 bridgehead atoms. The van der Waals surface area contributed by atoms with Crippen molar-refractivity contribution in [2.24, 2.45) is 11.1 Å². The normalized spacial score (nSPS) is 28.2. The van der Waals surface area contributed by atoms with Crippen molar-refractivity contribution in [1.82, 2.24) is 5.32 Å². The summed E-state index contributed by atoms with van der Waals surface area (Å²) in [6.45, 7) is 6.72. The van der Waals surface area contributed by atoms with Gasteiger partial charge in [-0.15, -0.1) is 0 Å². The van der Waals surface area contributed by atoms with Gasteiger partial charge in [-0.05, 0) is 43.4 Å². The number of hydrogen-bond donors (Lipinski definition) is 3. The largest absolute Gasteiger partial charge is 0.396 e. The van der Waals surface area contributed by atoms with Crippen LogP contribution in [0.3, 0.4) is 0 Å². The fraction of sp³-hybridized carbons (Fsp3) is 1.00. The van der Waals surface area contributed by atoms with Crippen LogP contribution in [0.5, 0.6) is 0 Å². The van der Waals surface area contributed by atoms with E-state index in [1.54, 1.807) is 0 Å². The Hall–Kier alpha value is 0.230. The van der Waals surface area contributed by atoms with Crippen molar-refractivity contribution >= 4 is 11.8 Å². The Balaban J connectivity index is 2.35. The summed E-state index contributed by atoms with van der Waals surface area (Å²) in [5, 5.41) is 12.4. The van der Waals surface area contributed by atoms with Crippen LogP contribution in [-0.4, -0.2) is 41.8 Å². The van der Waals surface area contributed by atoms with Crippen LogP contribution >= 0.6 is 11.8 Å². The van der Waals surface area contributed by atoms with Gasteiger partial charge >= 0.3 is 0 Å². The van der Waals surface area contributed by atoms with Crippen LogP contribution in [0.2, 0.25) is 0 Å². The summed E-state index contributed by atoms with van der Waals surface area (Å²) in [4.78, 5) is 0. The molecule has 1 heterocycles. The predicted molar refractivity (Wildman–Crippen MR) is 76.4 cm³/mol. The van der Waals surface area contributed by atoms with Crippen LogP contribution in [0, 0.1) is 5.41 Å². The van der Waals surface area contributed by atoms with E-state index >= 15 is 0 Å². The zero-order valence-corrected chi connectivity index (χ0v) is 12.1. The highest BCUT2D eigenvalue weighted by Gasteiger charge is 2.38. The first-order valence-electron chi connectivity index (χ1n) is 6.67. The van der Waals surface area contributed by atoms with Crippen molar-refractivity contribution in [1.29, 1.82) is 0 Å². The quantitative estimate of drug-likeness (QED) is 0.609. The summed E-state index contributed by atoms with van der Waals surface area (Å²) < 4.78 is 0.